The highest BCUT2D eigenvalue weighted by molar-refractivity contribution is 7.13. The van der Waals surface area contributed by atoms with Gasteiger partial charge in [0.2, 0.25) is 0 Å². The molecule has 0 radical (unpaired) electrons. The standard InChI is InChI=1S/C24H25NO5S/c1-5-29-24(27)23-17(13-26)21(20-7-6-10-31-20)22-16-12-19(30-14(2)3)18(28-4)11-15(16)8-9-25(22)23/h6-7,10-14H,5,8-9H2,1-4H3. The summed E-state index contributed by atoms with van der Waals surface area (Å²) in [7, 11) is 1.63. The number of benzene rings is 1. The largest absolute Gasteiger partial charge is 0.493 e. The molecule has 0 amide bonds. The number of aryl methyl sites for hydroxylation is 1. The van der Waals surface area contributed by atoms with Gasteiger partial charge >= 0.3 is 5.97 Å². The molecule has 0 bridgehead atoms. The first kappa shape index (κ1) is 21.2. The number of thiophene rings is 1. The van der Waals surface area contributed by atoms with Crippen molar-refractivity contribution < 1.29 is 23.8 Å². The Bertz CT molecular complexity index is 1130. The Balaban J connectivity index is 2.04. The molecular formula is C24H25NO5S. The van der Waals surface area contributed by atoms with Gasteiger partial charge in [-0.2, -0.15) is 0 Å². The van der Waals surface area contributed by atoms with Crippen LogP contribution < -0.4 is 9.47 Å². The number of rotatable bonds is 7. The minimum Gasteiger partial charge on any atom is -0.493 e. The minimum atomic E-state index is -0.482. The number of esters is 1. The van der Waals surface area contributed by atoms with E-state index in [-0.39, 0.29) is 12.7 Å². The van der Waals surface area contributed by atoms with Gasteiger partial charge in [-0.25, -0.2) is 4.79 Å². The van der Waals surface area contributed by atoms with Gasteiger partial charge < -0.3 is 18.8 Å². The Morgan fingerprint density at radius 1 is 1.29 bits per heavy atom. The maximum atomic E-state index is 12.9. The van der Waals surface area contributed by atoms with Crippen LogP contribution in [0.3, 0.4) is 0 Å². The summed E-state index contributed by atoms with van der Waals surface area (Å²) in [5.41, 5.74) is 4.29. The first-order valence-corrected chi connectivity index (χ1v) is 11.2. The molecule has 1 aromatic carbocycles. The van der Waals surface area contributed by atoms with Crippen LogP contribution in [-0.2, 0) is 17.7 Å². The molecular weight excluding hydrogens is 414 g/mol. The minimum absolute atomic E-state index is 0.0280. The van der Waals surface area contributed by atoms with E-state index < -0.39 is 5.97 Å². The lowest BCUT2D eigenvalue weighted by Crippen LogP contribution is -2.19. The topological polar surface area (TPSA) is 66.8 Å². The van der Waals surface area contributed by atoms with Crippen molar-refractivity contribution in [3.8, 4) is 33.2 Å². The van der Waals surface area contributed by atoms with Crippen LogP contribution in [0, 0.1) is 0 Å². The van der Waals surface area contributed by atoms with Gasteiger partial charge in [0.1, 0.15) is 5.69 Å². The highest BCUT2D eigenvalue weighted by Crippen LogP contribution is 2.47. The highest BCUT2D eigenvalue weighted by Gasteiger charge is 2.33. The summed E-state index contributed by atoms with van der Waals surface area (Å²) in [6, 6.07) is 7.85. The first-order valence-electron chi connectivity index (χ1n) is 10.3. The number of methoxy groups -OCH3 is 1. The molecule has 31 heavy (non-hydrogen) atoms. The van der Waals surface area contributed by atoms with Gasteiger partial charge in [-0.3, -0.25) is 4.79 Å². The number of aromatic nitrogens is 1. The third-order valence-electron chi connectivity index (χ3n) is 5.27. The van der Waals surface area contributed by atoms with Crippen molar-refractivity contribution in [1.82, 2.24) is 4.57 Å². The van der Waals surface area contributed by atoms with E-state index in [9.17, 15) is 9.59 Å². The number of ether oxygens (including phenoxy) is 3. The first-order chi connectivity index (χ1) is 15.0. The van der Waals surface area contributed by atoms with E-state index in [1.165, 1.54) is 11.3 Å². The summed E-state index contributed by atoms with van der Waals surface area (Å²) in [5, 5.41) is 1.96. The van der Waals surface area contributed by atoms with Gasteiger partial charge in [-0.1, -0.05) is 6.07 Å². The fourth-order valence-corrected chi connectivity index (χ4v) is 4.90. The van der Waals surface area contributed by atoms with Crippen LogP contribution in [-0.4, -0.2) is 36.6 Å². The molecule has 1 aliphatic rings. The number of hydrogen-bond acceptors (Lipinski definition) is 6. The molecule has 3 heterocycles. The van der Waals surface area contributed by atoms with Crippen LogP contribution in [0.15, 0.2) is 29.6 Å². The van der Waals surface area contributed by atoms with Gasteiger partial charge in [-0.05, 0) is 56.3 Å². The van der Waals surface area contributed by atoms with E-state index in [0.29, 0.717) is 35.7 Å². The fourth-order valence-electron chi connectivity index (χ4n) is 4.11. The molecule has 7 heteroatoms. The molecule has 0 atom stereocenters. The molecule has 4 rings (SSSR count). The maximum Gasteiger partial charge on any atom is 0.355 e. The average molecular weight is 440 g/mol. The zero-order valence-corrected chi connectivity index (χ0v) is 18.9. The molecule has 3 aromatic rings. The number of nitrogens with zero attached hydrogens (tertiary/aromatic N) is 1. The van der Waals surface area contributed by atoms with Crippen molar-refractivity contribution in [3.63, 3.8) is 0 Å². The Hall–Kier alpha value is -3.06. The van der Waals surface area contributed by atoms with Gasteiger partial charge in [-0.15, -0.1) is 11.3 Å². The van der Waals surface area contributed by atoms with E-state index in [4.69, 9.17) is 14.2 Å². The van der Waals surface area contributed by atoms with Crippen molar-refractivity contribution in [2.75, 3.05) is 13.7 Å². The van der Waals surface area contributed by atoms with Gasteiger partial charge in [0.05, 0.1) is 31.1 Å². The molecule has 0 unspecified atom stereocenters. The number of aldehydes is 1. The van der Waals surface area contributed by atoms with E-state index in [1.54, 1.807) is 14.0 Å². The van der Waals surface area contributed by atoms with Gasteiger partial charge in [0.15, 0.2) is 17.8 Å². The number of fused-ring (bicyclic) bond motifs is 3. The molecule has 0 aliphatic carbocycles. The fraction of sp³-hybridized carbons (Fsp3) is 0.333. The number of carbonyl (C=O) groups excluding carboxylic acids is 2. The zero-order chi connectivity index (χ0) is 22.1. The van der Waals surface area contributed by atoms with Gasteiger partial charge in [0.25, 0.3) is 0 Å². The predicted octanol–water partition coefficient (Wildman–Crippen LogP) is 5.22. The third kappa shape index (κ3) is 3.63. The van der Waals surface area contributed by atoms with Crippen LogP contribution in [0.5, 0.6) is 11.5 Å². The summed E-state index contributed by atoms with van der Waals surface area (Å²) in [6.45, 7) is 6.49. The van der Waals surface area contributed by atoms with Crippen LogP contribution >= 0.6 is 11.3 Å². The molecule has 1 aliphatic heterocycles. The second-order valence-electron chi connectivity index (χ2n) is 7.53. The third-order valence-corrected chi connectivity index (χ3v) is 6.15. The van der Waals surface area contributed by atoms with Crippen molar-refractivity contribution in [2.45, 2.75) is 39.8 Å². The van der Waals surface area contributed by atoms with E-state index in [1.807, 2.05) is 48.1 Å². The summed E-state index contributed by atoms with van der Waals surface area (Å²) < 4.78 is 18.8. The van der Waals surface area contributed by atoms with Crippen LogP contribution in [0.1, 0.15) is 47.2 Å². The lowest BCUT2D eigenvalue weighted by atomic mass is 9.94. The molecule has 2 aromatic heterocycles. The predicted molar refractivity (Wildman–Crippen MR) is 121 cm³/mol. The lowest BCUT2D eigenvalue weighted by molar-refractivity contribution is 0.0511. The second-order valence-corrected chi connectivity index (χ2v) is 8.48. The second kappa shape index (κ2) is 8.59. The molecule has 0 spiro atoms. The molecule has 0 N–H and O–H groups in total. The van der Waals surface area contributed by atoms with Crippen LogP contribution in [0.2, 0.25) is 0 Å². The molecule has 0 saturated carbocycles. The van der Waals surface area contributed by atoms with Crippen LogP contribution in [0.4, 0.5) is 0 Å². The van der Waals surface area contributed by atoms with Gasteiger partial charge in [0, 0.05) is 22.5 Å². The average Bonchev–Trinajstić information content (AvgIpc) is 3.38. The van der Waals surface area contributed by atoms with E-state index in [0.717, 1.165) is 33.5 Å². The molecule has 0 fully saturated rings. The summed E-state index contributed by atoms with van der Waals surface area (Å²) >= 11 is 1.53. The Kier molecular flexibility index (Phi) is 5.87. The normalized spacial score (nSPS) is 12.3. The van der Waals surface area contributed by atoms with Crippen molar-refractivity contribution in [3.05, 3.63) is 46.5 Å². The smallest absolute Gasteiger partial charge is 0.355 e. The maximum absolute atomic E-state index is 12.9. The SMILES string of the molecule is CCOC(=O)c1c(C=O)c(-c2cccs2)c2n1CCc1cc(OC)c(OC(C)C)cc1-2. The molecule has 6 nitrogen and oxygen atoms in total. The van der Waals surface area contributed by atoms with Crippen molar-refractivity contribution in [2.24, 2.45) is 0 Å². The quantitative estimate of drug-likeness (QED) is 0.373. The molecule has 162 valence electrons. The Morgan fingerprint density at radius 3 is 2.71 bits per heavy atom. The zero-order valence-electron chi connectivity index (χ0n) is 18.1. The molecule has 0 saturated heterocycles. The Labute approximate surface area is 185 Å². The summed E-state index contributed by atoms with van der Waals surface area (Å²) in [4.78, 5) is 26.0. The highest BCUT2D eigenvalue weighted by atomic mass is 32.1. The number of carbonyl (C=O) groups is 2. The van der Waals surface area contributed by atoms with Crippen molar-refractivity contribution in [1.29, 1.82) is 0 Å². The van der Waals surface area contributed by atoms with Crippen LogP contribution in [0.25, 0.3) is 21.7 Å². The van der Waals surface area contributed by atoms with E-state index >= 15 is 0 Å². The lowest BCUT2D eigenvalue weighted by Gasteiger charge is -2.24. The summed E-state index contributed by atoms with van der Waals surface area (Å²) in [5.74, 6) is 0.823. The van der Waals surface area contributed by atoms with Crippen molar-refractivity contribution >= 4 is 23.6 Å². The number of hydrogen-bond donors (Lipinski definition) is 0. The van der Waals surface area contributed by atoms with E-state index in [2.05, 4.69) is 0 Å². The monoisotopic (exact) mass is 439 g/mol. The Morgan fingerprint density at radius 2 is 2.10 bits per heavy atom. The summed E-state index contributed by atoms with van der Waals surface area (Å²) in [6.07, 6.45) is 1.44.